The highest BCUT2D eigenvalue weighted by molar-refractivity contribution is 5.97. The van der Waals surface area contributed by atoms with Crippen LogP contribution in [0, 0.1) is 11.8 Å². The number of amides is 3. The predicted octanol–water partition coefficient (Wildman–Crippen LogP) is 0.759. The van der Waals surface area contributed by atoms with Crippen LogP contribution >= 0.6 is 0 Å². The highest BCUT2D eigenvalue weighted by atomic mass is 16.4. The number of carbonyl (C=O) groups excluding carboxylic acids is 2. The van der Waals surface area contributed by atoms with Crippen molar-refractivity contribution >= 4 is 23.7 Å². The molecule has 0 bridgehead atoms. The highest BCUT2D eigenvalue weighted by Crippen LogP contribution is 2.18. The van der Waals surface area contributed by atoms with Gasteiger partial charge in [0.05, 0.1) is 11.5 Å². The van der Waals surface area contributed by atoms with E-state index < -0.39 is 17.8 Å². The van der Waals surface area contributed by atoms with Gasteiger partial charge in [-0.15, -0.1) is 0 Å². The Bertz CT molecular complexity index is 686. The summed E-state index contributed by atoms with van der Waals surface area (Å²) in [4.78, 5) is 43.0. The van der Waals surface area contributed by atoms with Crippen molar-refractivity contribution < 1.29 is 19.5 Å². The minimum absolute atomic E-state index is 0.110. The molecule has 9 heteroatoms. The molecule has 2 rings (SSSR count). The zero-order valence-electron chi connectivity index (χ0n) is 15.7. The number of primary amides is 1. The molecule has 0 aromatic carbocycles. The second-order valence-corrected chi connectivity index (χ2v) is 7.06. The first-order valence-corrected chi connectivity index (χ1v) is 9.05. The minimum Gasteiger partial charge on any atom is -0.481 e. The first-order chi connectivity index (χ1) is 12.8. The molecule has 0 radical (unpaired) electrons. The number of nitrogens with zero attached hydrogens (tertiary/aromatic N) is 3. The van der Waals surface area contributed by atoms with E-state index in [1.807, 2.05) is 18.7 Å². The molecule has 0 saturated carbocycles. The van der Waals surface area contributed by atoms with Crippen LogP contribution in [0.15, 0.2) is 18.3 Å². The second-order valence-electron chi connectivity index (χ2n) is 7.06. The third kappa shape index (κ3) is 5.57. The molecule has 0 spiro atoms. The van der Waals surface area contributed by atoms with E-state index in [0.29, 0.717) is 44.0 Å². The van der Waals surface area contributed by atoms with Gasteiger partial charge in [-0.25, -0.2) is 9.78 Å². The molecule has 4 N–H and O–H groups in total. The number of hydrogen-bond acceptors (Lipinski definition) is 5. The fraction of sp³-hybridized carbons (Fsp3) is 0.556. The number of urea groups is 1. The van der Waals surface area contributed by atoms with Crippen LogP contribution in [0.25, 0.3) is 0 Å². The summed E-state index contributed by atoms with van der Waals surface area (Å²) in [6.07, 6.45) is 2.11. The van der Waals surface area contributed by atoms with Gasteiger partial charge in [0.2, 0.25) is 0 Å². The molecule has 1 aromatic rings. The third-order valence-corrected chi connectivity index (χ3v) is 4.52. The van der Waals surface area contributed by atoms with Crippen LogP contribution in [-0.4, -0.2) is 65.6 Å². The quantitative estimate of drug-likeness (QED) is 0.643. The Morgan fingerprint density at radius 3 is 2.48 bits per heavy atom. The van der Waals surface area contributed by atoms with Crippen LogP contribution in [0.5, 0.6) is 0 Å². The summed E-state index contributed by atoms with van der Waals surface area (Å²) < 4.78 is 0. The van der Waals surface area contributed by atoms with Gasteiger partial charge in [-0.3, -0.25) is 9.59 Å². The maximum Gasteiger partial charge on any atom is 0.317 e. The molecule has 0 aliphatic carbocycles. The van der Waals surface area contributed by atoms with Crippen LogP contribution in [-0.2, 0) is 4.79 Å². The largest absolute Gasteiger partial charge is 0.481 e. The fourth-order valence-electron chi connectivity index (χ4n) is 3.13. The number of rotatable bonds is 7. The number of carboxylic acid groups (broad SMARTS) is 1. The molecule has 1 aliphatic heterocycles. The van der Waals surface area contributed by atoms with Crippen molar-refractivity contribution in [1.29, 1.82) is 0 Å². The third-order valence-electron chi connectivity index (χ3n) is 4.52. The molecule has 9 nitrogen and oxygen atoms in total. The first-order valence-electron chi connectivity index (χ1n) is 9.05. The van der Waals surface area contributed by atoms with Crippen LogP contribution < -0.4 is 16.0 Å². The van der Waals surface area contributed by atoms with Gasteiger partial charge in [-0.1, -0.05) is 13.8 Å². The molecule has 2 heterocycles. The normalized spacial score (nSPS) is 15.5. The number of carbonyl (C=O) groups is 3. The van der Waals surface area contributed by atoms with Gasteiger partial charge in [0, 0.05) is 38.9 Å². The maximum atomic E-state index is 12.3. The monoisotopic (exact) mass is 377 g/mol. The molecule has 27 heavy (non-hydrogen) atoms. The summed E-state index contributed by atoms with van der Waals surface area (Å²) in [5.74, 6) is -1.27. The highest BCUT2D eigenvalue weighted by Gasteiger charge is 2.26. The molecular formula is C18H27N5O4. The summed E-state index contributed by atoms with van der Waals surface area (Å²) in [5, 5.41) is 12.0. The van der Waals surface area contributed by atoms with Crippen molar-refractivity contribution in [2.45, 2.75) is 20.3 Å². The smallest absolute Gasteiger partial charge is 0.317 e. The lowest BCUT2D eigenvalue weighted by Gasteiger charge is -2.36. The molecule has 1 unspecified atom stereocenters. The number of piperazine rings is 1. The van der Waals surface area contributed by atoms with Crippen molar-refractivity contribution in [3.8, 4) is 0 Å². The predicted molar refractivity (Wildman–Crippen MR) is 101 cm³/mol. The number of nitrogens with one attached hydrogen (secondary N) is 1. The van der Waals surface area contributed by atoms with Gasteiger partial charge < -0.3 is 26.0 Å². The Morgan fingerprint density at radius 2 is 1.93 bits per heavy atom. The van der Waals surface area contributed by atoms with Crippen LogP contribution in [0.4, 0.5) is 10.6 Å². The topological polar surface area (TPSA) is 129 Å². The van der Waals surface area contributed by atoms with Gasteiger partial charge in [-0.2, -0.15) is 0 Å². The minimum atomic E-state index is -0.900. The fourth-order valence-corrected chi connectivity index (χ4v) is 3.13. The maximum absolute atomic E-state index is 12.3. The summed E-state index contributed by atoms with van der Waals surface area (Å²) in [7, 11) is 0. The Labute approximate surface area is 158 Å². The molecule has 1 aromatic heterocycles. The van der Waals surface area contributed by atoms with Crippen LogP contribution in [0.3, 0.4) is 0 Å². The van der Waals surface area contributed by atoms with Crippen molar-refractivity contribution in [3.63, 3.8) is 0 Å². The molecule has 1 aliphatic rings. The van der Waals surface area contributed by atoms with Crippen molar-refractivity contribution in [2.75, 3.05) is 37.6 Å². The van der Waals surface area contributed by atoms with Gasteiger partial charge >= 0.3 is 12.0 Å². The average molecular weight is 377 g/mol. The van der Waals surface area contributed by atoms with Crippen LogP contribution in [0.1, 0.15) is 30.6 Å². The van der Waals surface area contributed by atoms with E-state index in [1.54, 1.807) is 23.2 Å². The number of anilines is 1. The SMILES string of the molecule is CC(C)CC(CNC(=O)N1CCN(c2ncccc2C(N)=O)CC1)C(=O)O. The van der Waals surface area contributed by atoms with E-state index in [1.165, 1.54) is 0 Å². The van der Waals surface area contributed by atoms with Crippen LogP contribution in [0.2, 0.25) is 0 Å². The number of nitrogens with two attached hydrogens (primary N) is 1. The Morgan fingerprint density at radius 1 is 1.26 bits per heavy atom. The Balaban J connectivity index is 1.89. The number of aromatic nitrogens is 1. The summed E-state index contributed by atoms with van der Waals surface area (Å²) in [6.45, 7) is 5.94. The standard InChI is InChI=1S/C18H27N5O4/c1-12(2)10-13(17(25)26)11-21-18(27)23-8-6-22(7-9-23)16-14(15(19)24)4-3-5-20-16/h3-5,12-13H,6-11H2,1-2H3,(H2,19,24)(H,21,27)(H,25,26). The average Bonchev–Trinajstić information content (AvgIpc) is 2.64. The Kier molecular flexibility index (Phi) is 6.98. The lowest BCUT2D eigenvalue weighted by molar-refractivity contribution is -0.142. The molecule has 1 fully saturated rings. The van der Waals surface area contributed by atoms with Gasteiger partial charge in [0.1, 0.15) is 5.82 Å². The van der Waals surface area contributed by atoms with Gasteiger partial charge in [0.15, 0.2) is 0 Å². The molecule has 3 amide bonds. The van der Waals surface area contributed by atoms with E-state index in [4.69, 9.17) is 5.73 Å². The molecule has 148 valence electrons. The van der Waals surface area contributed by atoms with Gasteiger partial charge in [-0.05, 0) is 24.5 Å². The Hall–Kier alpha value is -2.84. The number of aliphatic carboxylic acids is 1. The van der Waals surface area contributed by atoms with E-state index in [9.17, 15) is 19.5 Å². The van der Waals surface area contributed by atoms with Crippen molar-refractivity contribution in [2.24, 2.45) is 17.6 Å². The molecule has 1 saturated heterocycles. The first kappa shape index (κ1) is 20.5. The number of carboxylic acids is 1. The van der Waals surface area contributed by atoms with E-state index in [2.05, 4.69) is 10.3 Å². The zero-order valence-corrected chi connectivity index (χ0v) is 15.7. The van der Waals surface area contributed by atoms with E-state index in [-0.39, 0.29) is 18.5 Å². The molecular weight excluding hydrogens is 350 g/mol. The summed E-state index contributed by atoms with van der Waals surface area (Å²) >= 11 is 0. The van der Waals surface area contributed by atoms with E-state index >= 15 is 0 Å². The number of pyridine rings is 1. The molecule has 1 atom stereocenters. The van der Waals surface area contributed by atoms with Crippen molar-refractivity contribution in [3.05, 3.63) is 23.9 Å². The zero-order chi connectivity index (χ0) is 20.0. The summed E-state index contributed by atoms with van der Waals surface area (Å²) in [5.41, 5.74) is 5.75. The lowest BCUT2D eigenvalue weighted by Crippen LogP contribution is -2.53. The van der Waals surface area contributed by atoms with Crippen molar-refractivity contribution in [1.82, 2.24) is 15.2 Å². The second kappa shape index (κ2) is 9.20. The summed E-state index contributed by atoms with van der Waals surface area (Å²) in [6, 6.07) is 3.01. The number of hydrogen-bond donors (Lipinski definition) is 3. The van der Waals surface area contributed by atoms with Gasteiger partial charge in [0.25, 0.3) is 5.91 Å². The van der Waals surface area contributed by atoms with E-state index in [0.717, 1.165) is 0 Å². The lowest BCUT2D eigenvalue weighted by atomic mass is 9.97.